The first kappa shape index (κ1) is 11.2. The Labute approximate surface area is 83.9 Å². The van der Waals surface area contributed by atoms with Crippen molar-refractivity contribution in [3.8, 4) is 0 Å². The van der Waals surface area contributed by atoms with E-state index in [0.29, 0.717) is 19.1 Å². The van der Waals surface area contributed by atoms with Crippen molar-refractivity contribution in [2.75, 3.05) is 13.1 Å². The summed E-state index contributed by atoms with van der Waals surface area (Å²) in [6, 6.07) is 0.445. The minimum atomic E-state index is -0.792. The van der Waals surface area contributed by atoms with Crippen LogP contribution in [0.1, 0.15) is 26.7 Å². The molecule has 1 aliphatic rings. The molecule has 0 amide bonds. The number of carbonyl (C=O) groups is 2. The summed E-state index contributed by atoms with van der Waals surface area (Å²) < 4.78 is 0. The van der Waals surface area contributed by atoms with Crippen molar-refractivity contribution in [2.45, 2.75) is 32.7 Å². The second-order valence-electron chi connectivity index (χ2n) is 4.10. The van der Waals surface area contributed by atoms with E-state index in [-0.39, 0.29) is 5.78 Å². The summed E-state index contributed by atoms with van der Waals surface area (Å²) in [5.41, 5.74) is 0. The first-order valence-electron chi connectivity index (χ1n) is 4.97. The fourth-order valence-electron chi connectivity index (χ4n) is 1.50. The predicted octanol–water partition coefficient (Wildman–Crippen LogP) is 0.760. The highest BCUT2D eigenvalue weighted by Crippen LogP contribution is 2.27. The van der Waals surface area contributed by atoms with Crippen LogP contribution in [0.5, 0.6) is 0 Å². The van der Waals surface area contributed by atoms with Gasteiger partial charge < -0.3 is 5.11 Å². The number of rotatable bonds is 6. The fraction of sp³-hybridized carbons (Fsp3) is 0.800. The number of Topliss-reactive ketones (excluding diaryl/α,β-unsaturated/α-hetero) is 1. The molecule has 1 N–H and O–H groups in total. The van der Waals surface area contributed by atoms with Crippen molar-refractivity contribution in [3.05, 3.63) is 0 Å². The molecule has 0 saturated heterocycles. The molecule has 1 unspecified atom stereocenters. The van der Waals surface area contributed by atoms with Gasteiger partial charge in [0.2, 0.25) is 0 Å². The maximum Gasteiger partial charge on any atom is 0.307 e. The largest absolute Gasteiger partial charge is 0.481 e. The zero-order valence-corrected chi connectivity index (χ0v) is 8.69. The molecule has 0 aromatic carbocycles. The highest BCUT2D eigenvalue weighted by Gasteiger charge is 2.31. The number of aliphatic carboxylic acids is 1. The van der Waals surface area contributed by atoms with E-state index in [0.717, 1.165) is 12.8 Å². The van der Waals surface area contributed by atoms with Crippen LogP contribution in [0.25, 0.3) is 0 Å². The highest BCUT2D eigenvalue weighted by atomic mass is 16.4. The summed E-state index contributed by atoms with van der Waals surface area (Å²) in [7, 11) is 0. The van der Waals surface area contributed by atoms with Crippen LogP contribution < -0.4 is 0 Å². The molecule has 4 nitrogen and oxygen atoms in total. The van der Waals surface area contributed by atoms with Crippen LogP contribution in [0.4, 0.5) is 0 Å². The molecular weight excluding hydrogens is 182 g/mol. The average Bonchev–Trinajstić information content (AvgIpc) is 2.83. The van der Waals surface area contributed by atoms with Crippen LogP contribution in [0.2, 0.25) is 0 Å². The monoisotopic (exact) mass is 199 g/mol. The quantitative estimate of drug-likeness (QED) is 0.686. The molecule has 0 spiro atoms. The lowest BCUT2D eigenvalue weighted by atomic mass is 10.1. The molecule has 0 heterocycles. The number of hydrogen-bond acceptors (Lipinski definition) is 3. The summed E-state index contributed by atoms with van der Waals surface area (Å²) >= 11 is 0. The van der Waals surface area contributed by atoms with E-state index < -0.39 is 11.9 Å². The van der Waals surface area contributed by atoms with Gasteiger partial charge in [-0.2, -0.15) is 0 Å². The second-order valence-corrected chi connectivity index (χ2v) is 4.10. The lowest BCUT2D eigenvalue weighted by molar-refractivity contribution is -0.142. The van der Waals surface area contributed by atoms with Crippen molar-refractivity contribution in [2.24, 2.45) is 5.92 Å². The van der Waals surface area contributed by atoms with Gasteiger partial charge >= 0.3 is 5.97 Å². The van der Waals surface area contributed by atoms with E-state index in [9.17, 15) is 9.59 Å². The molecule has 0 aromatic heterocycles. The van der Waals surface area contributed by atoms with Crippen molar-refractivity contribution in [1.82, 2.24) is 4.90 Å². The summed E-state index contributed by atoms with van der Waals surface area (Å²) in [5.74, 6) is -1.08. The van der Waals surface area contributed by atoms with Gasteiger partial charge in [0.1, 0.15) is 5.78 Å². The normalized spacial score (nSPS) is 18.2. The Hall–Kier alpha value is -0.900. The minimum absolute atomic E-state index is 0.106. The van der Waals surface area contributed by atoms with E-state index in [1.165, 1.54) is 0 Å². The topological polar surface area (TPSA) is 57.6 Å². The maximum atomic E-state index is 10.9. The predicted molar refractivity (Wildman–Crippen MR) is 52.1 cm³/mol. The smallest absolute Gasteiger partial charge is 0.307 e. The maximum absolute atomic E-state index is 10.9. The van der Waals surface area contributed by atoms with Crippen LogP contribution in [0.15, 0.2) is 0 Å². The van der Waals surface area contributed by atoms with Gasteiger partial charge in [-0.3, -0.25) is 14.5 Å². The van der Waals surface area contributed by atoms with Gasteiger partial charge in [-0.05, 0) is 19.8 Å². The van der Waals surface area contributed by atoms with Crippen LogP contribution in [-0.2, 0) is 9.59 Å². The molecule has 0 aliphatic heterocycles. The molecule has 1 aliphatic carbocycles. The molecule has 80 valence electrons. The molecule has 1 atom stereocenters. The Morgan fingerprint density at radius 3 is 2.43 bits per heavy atom. The van der Waals surface area contributed by atoms with E-state index in [1.807, 2.05) is 4.90 Å². The third-order valence-corrected chi connectivity index (χ3v) is 2.42. The van der Waals surface area contributed by atoms with Crippen molar-refractivity contribution in [1.29, 1.82) is 0 Å². The summed E-state index contributed by atoms with van der Waals surface area (Å²) in [6.07, 6.45) is 2.19. The molecule has 0 aromatic rings. The molecular formula is C10H17NO3. The Kier molecular flexibility index (Phi) is 3.63. The summed E-state index contributed by atoms with van der Waals surface area (Å²) in [5, 5.41) is 8.76. The first-order chi connectivity index (χ1) is 6.50. The van der Waals surface area contributed by atoms with Crippen molar-refractivity contribution >= 4 is 11.8 Å². The number of ketones is 1. The molecule has 0 radical (unpaired) electrons. The van der Waals surface area contributed by atoms with Gasteiger partial charge in [-0.25, -0.2) is 0 Å². The molecule has 1 saturated carbocycles. The third kappa shape index (κ3) is 3.46. The zero-order chi connectivity index (χ0) is 10.7. The van der Waals surface area contributed by atoms with Gasteiger partial charge in [-0.1, -0.05) is 6.92 Å². The second kappa shape index (κ2) is 4.55. The Balaban J connectivity index is 2.42. The summed E-state index contributed by atoms with van der Waals surface area (Å²) in [6.45, 7) is 4.10. The highest BCUT2D eigenvalue weighted by molar-refractivity contribution is 5.77. The fourth-order valence-corrected chi connectivity index (χ4v) is 1.50. The van der Waals surface area contributed by atoms with Gasteiger partial charge in [0.25, 0.3) is 0 Å². The molecule has 0 bridgehead atoms. The Bertz CT molecular complexity index is 236. The number of carboxylic acids is 1. The number of carbonyl (C=O) groups excluding carboxylic acids is 1. The standard InChI is InChI=1S/C10H17NO3/c1-7(10(13)14)5-11(6-8(2)12)9-3-4-9/h7,9H,3-6H2,1-2H3,(H,13,14). The zero-order valence-electron chi connectivity index (χ0n) is 8.69. The van der Waals surface area contributed by atoms with E-state index in [2.05, 4.69) is 0 Å². The summed E-state index contributed by atoms with van der Waals surface area (Å²) in [4.78, 5) is 23.6. The lowest BCUT2D eigenvalue weighted by Crippen LogP contribution is -2.36. The molecule has 1 fully saturated rings. The number of hydrogen-bond donors (Lipinski definition) is 1. The van der Waals surface area contributed by atoms with Crippen LogP contribution >= 0.6 is 0 Å². The van der Waals surface area contributed by atoms with Crippen molar-refractivity contribution in [3.63, 3.8) is 0 Å². The first-order valence-corrected chi connectivity index (χ1v) is 4.97. The number of carboxylic acid groups (broad SMARTS) is 1. The van der Waals surface area contributed by atoms with E-state index in [4.69, 9.17) is 5.11 Å². The van der Waals surface area contributed by atoms with Gasteiger partial charge in [0, 0.05) is 12.6 Å². The van der Waals surface area contributed by atoms with Gasteiger partial charge in [-0.15, -0.1) is 0 Å². The van der Waals surface area contributed by atoms with Gasteiger partial charge in [0.15, 0.2) is 0 Å². The SMILES string of the molecule is CC(=O)CN(CC(C)C(=O)O)C1CC1. The van der Waals surface area contributed by atoms with E-state index in [1.54, 1.807) is 13.8 Å². The molecule has 14 heavy (non-hydrogen) atoms. The Morgan fingerprint density at radius 1 is 1.50 bits per heavy atom. The van der Waals surface area contributed by atoms with Crippen LogP contribution in [0, 0.1) is 5.92 Å². The van der Waals surface area contributed by atoms with Gasteiger partial charge in [0.05, 0.1) is 12.5 Å². The Morgan fingerprint density at radius 2 is 2.07 bits per heavy atom. The van der Waals surface area contributed by atoms with E-state index >= 15 is 0 Å². The third-order valence-electron chi connectivity index (χ3n) is 2.42. The molecule has 4 heteroatoms. The minimum Gasteiger partial charge on any atom is -0.481 e. The average molecular weight is 199 g/mol. The van der Waals surface area contributed by atoms with Crippen LogP contribution in [-0.4, -0.2) is 40.9 Å². The number of nitrogens with zero attached hydrogens (tertiary/aromatic N) is 1. The lowest BCUT2D eigenvalue weighted by Gasteiger charge is -2.22. The molecule has 1 rings (SSSR count). The van der Waals surface area contributed by atoms with Crippen LogP contribution in [0.3, 0.4) is 0 Å². The van der Waals surface area contributed by atoms with Crippen molar-refractivity contribution < 1.29 is 14.7 Å².